The SMILES string of the molecule is CC1CC(Nc2nc(Cl)ncc2Cl)CN1Cc1ccccc1. The third kappa shape index (κ3) is 3.69. The van der Waals surface area contributed by atoms with Gasteiger partial charge in [0.2, 0.25) is 5.28 Å². The number of hydrogen-bond donors (Lipinski definition) is 1. The number of hydrogen-bond acceptors (Lipinski definition) is 4. The van der Waals surface area contributed by atoms with Gasteiger partial charge in [0.05, 0.1) is 6.20 Å². The Hall–Kier alpha value is -1.36. The first-order chi connectivity index (χ1) is 10.6. The van der Waals surface area contributed by atoms with Crippen molar-refractivity contribution >= 4 is 29.0 Å². The number of rotatable bonds is 4. The van der Waals surface area contributed by atoms with Crippen LogP contribution in [-0.2, 0) is 6.54 Å². The van der Waals surface area contributed by atoms with E-state index in [0.717, 1.165) is 19.5 Å². The Morgan fingerprint density at radius 1 is 1.27 bits per heavy atom. The van der Waals surface area contributed by atoms with E-state index in [1.807, 2.05) is 6.07 Å². The smallest absolute Gasteiger partial charge is 0.224 e. The molecule has 0 spiro atoms. The van der Waals surface area contributed by atoms with E-state index in [4.69, 9.17) is 23.2 Å². The zero-order valence-electron chi connectivity index (χ0n) is 12.3. The third-order valence-corrected chi connectivity index (χ3v) is 4.45. The minimum absolute atomic E-state index is 0.207. The van der Waals surface area contributed by atoms with Crippen LogP contribution in [0.3, 0.4) is 0 Å². The Kier molecular flexibility index (Phi) is 4.81. The van der Waals surface area contributed by atoms with Crippen LogP contribution in [0.2, 0.25) is 10.3 Å². The standard InChI is InChI=1S/C16H18Cl2N4/c1-11-7-13(20-15-14(17)8-19-16(18)21-15)10-22(11)9-12-5-3-2-4-6-12/h2-6,8,11,13H,7,9-10H2,1H3,(H,19,20,21). The maximum Gasteiger partial charge on any atom is 0.224 e. The van der Waals surface area contributed by atoms with Crippen molar-refractivity contribution in [1.82, 2.24) is 14.9 Å². The van der Waals surface area contributed by atoms with Crippen LogP contribution < -0.4 is 5.32 Å². The summed E-state index contributed by atoms with van der Waals surface area (Å²) in [6.07, 6.45) is 2.57. The fourth-order valence-electron chi connectivity index (χ4n) is 2.88. The van der Waals surface area contributed by atoms with Crippen LogP contribution in [0.5, 0.6) is 0 Å². The molecule has 0 amide bonds. The lowest BCUT2D eigenvalue weighted by Crippen LogP contribution is -2.28. The quantitative estimate of drug-likeness (QED) is 0.860. The van der Waals surface area contributed by atoms with Gasteiger partial charge in [-0.15, -0.1) is 0 Å². The van der Waals surface area contributed by atoms with Crippen LogP contribution in [0.1, 0.15) is 18.9 Å². The van der Waals surface area contributed by atoms with E-state index in [-0.39, 0.29) is 5.28 Å². The second-order valence-electron chi connectivity index (χ2n) is 5.68. The van der Waals surface area contributed by atoms with Gasteiger partial charge < -0.3 is 5.32 Å². The van der Waals surface area contributed by atoms with Crippen molar-refractivity contribution in [2.45, 2.75) is 32.0 Å². The highest BCUT2D eigenvalue weighted by molar-refractivity contribution is 6.33. The molecule has 0 bridgehead atoms. The molecule has 1 N–H and O–H groups in total. The highest BCUT2D eigenvalue weighted by Gasteiger charge is 2.29. The minimum atomic E-state index is 0.207. The molecule has 2 atom stereocenters. The van der Waals surface area contributed by atoms with Crippen LogP contribution in [0, 0.1) is 0 Å². The molecular weight excluding hydrogens is 319 g/mol. The summed E-state index contributed by atoms with van der Waals surface area (Å²) in [4.78, 5) is 10.5. The van der Waals surface area contributed by atoms with Crippen molar-refractivity contribution in [3.63, 3.8) is 0 Å². The molecule has 1 aliphatic heterocycles. The van der Waals surface area contributed by atoms with Crippen LogP contribution in [0.4, 0.5) is 5.82 Å². The lowest BCUT2D eigenvalue weighted by atomic mass is 10.2. The molecule has 1 fully saturated rings. The first-order valence-corrected chi connectivity index (χ1v) is 8.10. The van der Waals surface area contributed by atoms with E-state index in [0.29, 0.717) is 22.9 Å². The topological polar surface area (TPSA) is 41.1 Å². The first kappa shape index (κ1) is 15.5. The molecule has 22 heavy (non-hydrogen) atoms. The number of likely N-dealkylation sites (tertiary alicyclic amines) is 1. The molecule has 2 unspecified atom stereocenters. The predicted octanol–water partition coefficient (Wildman–Crippen LogP) is 3.86. The van der Waals surface area contributed by atoms with Gasteiger partial charge in [-0.1, -0.05) is 41.9 Å². The molecule has 2 heterocycles. The average molecular weight is 337 g/mol. The second kappa shape index (κ2) is 6.82. The highest BCUT2D eigenvalue weighted by atomic mass is 35.5. The summed E-state index contributed by atoms with van der Waals surface area (Å²) < 4.78 is 0. The first-order valence-electron chi connectivity index (χ1n) is 7.34. The van der Waals surface area contributed by atoms with Gasteiger partial charge in [-0.3, -0.25) is 4.90 Å². The Balaban J connectivity index is 1.64. The molecule has 116 valence electrons. The molecule has 2 aromatic rings. The molecule has 6 heteroatoms. The van der Waals surface area contributed by atoms with E-state index >= 15 is 0 Å². The van der Waals surface area contributed by atoms with Gasteiger partial charge in [0.25, 0.3) is 0 Å². The second-order valence-corrected chi connectivity index (χ2v) is 6.42. The molecule has 1 aromatic carbocycles. The van der Waals surface area contributed by atoms with E-state index in [9.17, 15) is 0 Å². The lowest BCUT2D eigenvalue weighted by Gasteiger charge is -2.21. The number of nitrogens with zero attached hydrogens (tertiary/aromatic N) is 3. The minimum Gasteiger partial charge on any atom is -0.365 e. The summed E-state index contributed by atoms with van der Waals surface area (Å²) in [5.41, 5.74) is 1.33. The van der Waals surface area contributed by atoms with Gasteiger partial charge in [0, 0.05) is 25.2 Å². The van der Waals surface area contributed by atoms with Gasteiger partial charge in [0.15, 0.2) is 0 Å². The number of aromatic nitrogens is 2. The largest absolute Gasteiger partial charge is 0.365 e. The number of anilines is 1. The fraction of sp³-hybridized carbons (Fsp3) is 0.375. The summed E-state index contributed by atoms with van der Waals surface area (Å²) in [5.74, 6) is 0.612. The number of benzene rings is 1. The Morgan fingerprint density at radius 2 is 2.05 bits per heavy atom. The van der Waals surface area contributed by atoms with E-state index in [1.54, 1.807) is 0 Å². The normalized spacial score (nSPS) is 22.0. The van der Waals surface area contributed by atoms with Gasteiger partial charge in [-0.2, -0.15) is 4.98 Å². The Morgan fingerprint density at radius 3 is 2.82 bits per heavy atom. The van der Waals surface area contributed by atoms with Crippen molar-refractivity contribution in [3.8, 4) is 0 Å². The third-order valence-electron chi connectivity index (χ3n) is 3.99. The monoisotopic (exact) mass is 336 g/mol. The summed E-state index contributed by atoms with van der Waals surface area (Å²) in [7, 11) is 0. The number of halogens is 2. The molecule has 1 aromatic heterocycles. The van der Waals surface area contributed by atoms with Crippen molar-refractivity contribution in [3.05, 3.63) is 52.4 Å². The zero-order chi connectivity index (χ0) is 15.5. The average Bonchev–Trinajstić information content (AvgIpc) is 2.84. The van der Waals surface area contributed by atoms with Gasteiger partial charge in [0.1, 0.15) is 10.8 Å². The van der Waals surface area contributed by atoms with Crippen LogP contribution in [0.25, 0.3) is 0 Å². The van der Waals surface area contributed by atoms with Crippen LogP contribution in [-0.4, -0.2) is 33.5 Å². The molecule has 0 radical (unpaired) electrons. The van der Waals surface area contributed by atoms with Crippen molar-refractivity contribution < 1.29 is 0 Å². The molecule has 1 saturated heterocycles. The molecule has 1 aliphatic rings. The summed E-state index contributed by atoms with van der Waals surface area (Å²) in [5, 5.41) is 4.09. The summed E-state index contributed by atoms with van der Waals surface area (Å²) in [6, 6.07) is 11.3. The maximum absolute atomic E-state index is 6.12. The van der Waals surface area contributed by atoms with E-state index < -0.39 is 0 Å². The van der Waals surface area contributed by atoms with Gasteiger partial charge in [-0.05, 0) is 30.5 Å². The molecular formula is C16H18Cl2N4. The Bertz CT molecular complexity index is 635. The van der Waals surface area contributed by atoms with Gasteiger partial charge >= 0.3 is 0 Å². The number of nitrogens with one attached hydrogen (secondary N) is 1. The van der Waals surface area contributed by atoms with Crippen molar-refractivity contribution in [2.24, 2.45) is 0 Å². The highest BCUT2D eigenvalue weighted by Crippen LogP contribution is 2.26. The lowest BCUT2D eigenvalue weighted by molar-refractivity contribution is 0.259. The summed E-state index contributed by atoms with van der Waals surface area (Å²) >= 11 is 12.0. The maximum atomic E-state index is 6.12. The Labute approximate surface area is 140 Å². The van der Waals surface area contributed by atoms with Crippen LogP contribution >= 0.6 is 23.2 Å². The van der Waals surface area contributed by atoms with Crippen molar-refractivity contribution in [2.75, 3.05) is 11.9 Å². The molecule has 0 saturated carbocycles. The zero-order valence-corrected chi connectivity index (χ0v) is 13.8. The predicted molar refractivity (Wildman–Crippen MR) is 90.4 cm³/mol. The molecule has 0 aliphatic carbocycles. The van der Waals surface area contributed by atoms with Crippen LogP contribution in [0.15, 0.2) is 36.5 Å². The fourth-order valence-corrected chi connectivity index (χ4v) is 3.16. The summed E-state index contributed by atoms with van der Waals surface area (Å²) in [6.45, 7) is 4.16. The van der Waals surface area contributed by atoms with Crippen molar-refractivity contribution in [1.29, 1.82) is 0 Å². The van der Waals surface area contributed by atoms with E-state index in [1.165, 1.54) is 11.8 Å². The molecule has 3 rings (SSSR count). The molecule has 4 nitrogen and oxygen atoms in total. The van der Waals surface area contributed by atoms with E-state index in [2.05, 4.69) is 51.4 Å². The van der Waals surface area contributed by atoms with Gasteiger partial charge in [-0.25, -0.2) is 4.98 Å².